The van der Waals surface area contributed by atoms with E-state index in [9.17, 15) is 4.79 Å². The average molecular weight is 548 g/mol. The number of imidazole rings is 1. The summed E-state index contributed by atoms with van der Waals surface area (Å²) in [6, 6.07) is 26.4. The first-order chi connectivity index (χ1) is 20.1. The molecule has 1 fully saturated rings. The summed E-state index contributed by atoms with van der Waals surface area (Å²) in [5.74, 6) is 1.11. The number of nitrogens with one attached hydrogen (secondary N) is 1. The SMILES string of the molecule is CCCCOC(=O)NC1CN(Cc2ccc(-n3c(-c4cccnc4N)nc4ccc(-c5ccccc5)nc43)cc2)C1. The number of carbonyl (C=O) groups is 1. The summed E-state index contributed by atoms with van der Waals surface area (Å²) in [6.07, 6.45) is 3.24. The molecular formula is C32H33N7O2. The van der Waals surface area contributed by atoms with Crippen molar-refractivity contribution in [1.82, 2.24) is 29.7 Å². The molecule has 2 aromatic carbocycles. The molecule has 0 spiro atoms. The van der Waals surface area contributed by atoms with Crippen LogP contribution in [0, 0.1) is 0 Å². The first kappa shape index (κ1) is 26.5. The Morgan fingerprint density at radius 2 is 1.80 bits per heavy atom. The Morgan fingerprint density at radius 1 is 1.00 bits per heavy atom. The van der Waals surface area contributed by atoms with Crippen LogP contribution >= 0.6 is 0 Å². The Balaban J connectivity index is 1.24. The molecule has 9 nitrogen and oxygen atoms in total. The van der Waals surface area contributed by atoms with E-state index in [4.69, 9.17) is 20.4 Å². The number of benzene rings is 2. The predicted molar refractivity (Wildman–Crippen MR) is 160 cm³/mol. The van der Waals surface area contributed by atoms with Crippen molar-refractivity contribution in [3.05, 3.63) is 90.6 Å². The number of unbranched alkanes of at least 4 members (excludes halogenated alkanes) is 1. The average Bonchev–Trinajstić information content (AvgIpc) is 3.36. The Hall–Kier alpha value is -4.76. The van der Waals surface area contributed by atoms with Crippen LogP contribution in [0.5, 0.6) is 0 Å². The molecule has 1 amide bonds. The van der Waals surface area contributed by atoms with E-state index < -0.39 is 0 Å². The second-order valence-corrected chi connectivity index (χ2v) is 10.3. The Labute approximate surface area is 239 Å². The van der Waals surface area contributed by atoms with Gasteiger partial charge in [0, 0.05) is 37.1 Å². The van der Waals surface area contributed by atoms with Crippen molar-refractivity contribution in [3.8, 4) is 28.3 Å². The third-order valence-corrected chi connectivity index (χ3v) is 7.26. The van der Waals surface area contributed by atoms with E-state index >= 15 is 0 Å². The molecule has 0 unspecified atom stereocenters. The molecule has 0 bridgehead atoms. The number of hydrogen-bond acceptors (Lipinski definition) is 7. The molecular weight excluding hydrogens is 514 g/mol. The lowest BCUT2D eigenvalue weighted by Gasteiger charge is -2.39. The van der Waals surface area contributed by atoms with Crippen LogP contribution in [0.4, 0.5) is 10.6 Å². The van der Waals surface area contributed by atoms with Crippen LogP contribution in [-0.4, -0.2) is 56.3 Å². The molecule has 1 aliphatic rings. The maximum atomic E-state index is 11.9. The molecule has 5 aromatic rings. The number of pyridine rings is 2. The highest BCUT2D eigenvalue weighted by Crippen LogP contribution is 2.32. The zero-order valence-corrected chi connectivity index (χ0v) is 23.0. The number of nitrogens with two attached hydrogens (primary N) is 1. The monoisotopic (exact) mass is 547 g/mol. The molecule has 1 saturated heterocycles. The highest BCUT2D eigenvalue weighted by Gasteiger charge is 2.28. The lowest BCUT2D eigenvalue weighted by Crippen LogP contribution is -2.58. The zero-order valence-electron chi connectivity index (χ0n) is 23.0. The summed E-state index contributed by atoms with van der Waals surface area (Å²) < 4.78 is 7.26. The molecule has 41 heavy (non-hydrogen) atoms. The molecule has 0 saturated carbocycles. The summed E-state index contributed by atoms with van der Waals surface area (Å²) in [6.45, 7) is 4.94. The van der Waals surface area contributed by atoms with Gasteiger partial charge in [0.25, 0.3) is 0 Å². The highest BCUT2D eigenvalue weighted by molar-refractivity contribution is 5.84. The molecule has 0 aliphatic carbocycles. The number of nitrogens with zero attached hydrogens (tertiary/aromatic N) is 5. The minimum absolute atomic E-state index is 0.123. The number of fused-ring (bicyclic) bond motifs is 1. The standard InChI is InChI=1S/C32H33N7O2/c1-2-3-18-41-32(40)35-24-20-38(21-24)19-22-11-13-25(14-12-22)39-30(26-10-7-17-34-29(26)33)37-28-16-15-27(36-31(28)39)23-8-5-4-6-9-23/h4-17,24H,2-3,18-21H2,1H3,(H2,33,34)(H,35,40). The number of ether oxygens (including phenoxy) is 1. The Kier molecular flexibility index (Phi) is 7.60. The van der Waals surface area contributed by atoms with Gasteiger partial charge in [-0.1, -0.05) is 55.8 Å². The molecule has 4 heterocycles. The lowest BCUT2D eigenvalue weighted by molar-refractivity contribution is 0.0961. The Bertz CT molecular complexity index is 1640. The first-order valence-corrected chi connectivity index (χ1v) is 14.0. The number of alkyl carbamates (subject to hydrolysis) is 1. The summed E-state index contributed by atoms with van der Waals surface area (Å²) in [7, 11) is 0. The normalized spacial score (nSPS) is 13.7. The van der Waals surface area contributed by atoms with Crippen LogP contribution in [0.1, 0.15) is 25.3 Å². The van der Waals surface area contributed by atoms with Crippen LogP contribution in [0.15, 0.2) is 85.1 Å². The van der Waals surface area contributed by atoms with Crippen molar-refractivity contribution < 1.29 is 9.53 Å². The van der Waals surface area contributed by atoms with Gasteiger partial charge in [-0.15, -0.1) is 0 Å². The molecule has 9 heteroatoms. The molecule has 6 rings (SSSR count). The number of amides is 1. The fourth-order valence-corrected chi connectivity index (χ4v) is 5.08. The second kappa shape index (κ2) is 11.8. The fraction of sp³-hybridized carbons (Fsp3) is 0.250. The maximum absolute atomic E-state index is 11.9. The van der Waals surface area contributed by atoms with Crippen LogP contribution in [0.3, 0.4) is 0 Å². The van der Waals surface area contributed by atoms with E-state index in [1.807, 2.05) is 47.0 Å². The van der Waals surface area contributed by atoms with Crippen molar-refractivity contribution in [3.63, 3.8) is 0 Å². The molecule has 208 valence electrons. The number of likely N-dealkylation sites (tertiary alicyclic amines) is 1. The van der Waals surface area contributed by atoms with Gasteiger partial charge in [-0.05, 0) is 48.4 Å². The van der Waals surface area contributed by atoms with Crippen LogP contribution in [0.2, 0.25) is 0 Å². The minimum atomic E-state index is -0.325. The van der Waals surface area contributed by atoms with Crippen molar-refractivity contribution in [2.45, 2.75) is 32.4 Å². The molecule has 1 aliphatic heterocycles. The van der Waals surface area contributed by atoms with E-state index in [0.717, 1.165) is 66.1 Å². The van der Waals surface area contributed by atoms with Crippen molar-refractivity contribution in [1.29, 1.82) is 0 Å². The lowest BCUT2D eigenvalue weighted by atomic mass is 10.1. The molecule has 0 atom stereocenters. The maximum Gasteiger partial charge on any atom is 0.407 e. The molecule has 3 N–H and O–H groups in total. The van der Waals surface area contributed by atoms with Gasteiger partial charge in [-0.25, -0.2) is 19.7 Å². The number of anilines is 1. The summed E-state index contributed by atoms with van der Waals surface area (Å²) in [5, 5.41) is 2.94. The fourth-order valence-electron chi connectivity index (χ4n) is 5.08. The number of hydrogen-bond donors (Lipinski definition) is 2. The van der Waals surface area contributed by atoms with Crippen LogP contribution < -0.4 is 11.1 Å². The van der Waals surface area contributed by atoms with Crippen molar-refractivity contribution in [2.75, 3.05) is 25.4 Å². The van der Waals surface area contributed by atoms with Gasteiger partial charge >= 0.3 is 6.09 Å². The van der Waals surface area contributed by atoms with Crippen LogP contribution in [0.25, 0.3) is 39.5 Å². The van der Waals surface area contributed by atoms with Gasteiger partial charge in [0.1, 0.15) is 11.3 Å². The Morgan fingerprint density at radius 3 is 2.56 bits per heavy atom. The van der Waals surface area contributed by atoms with Crippen LogP contribution in [-0.2, 0) is 11.3 Å². The number of aromatic nitrogens is 4. The summed E-state index contributed by atoms with van der Waals surface area (Å²) in [4.78, 5) is 28.5. The number of carbonyl (C=O) groups excluding carboxylic acids is 1. The predicted octanol–water partition coefficient (Wildman–Crippen LogP) is 5.44. The largest absolute Gasteiger partial charge is 0.450 e. The third-order valence-electron chi connectivity index (χ3n) is 7.26. The number of nitrogen functional groups attached to an aromatic ring is 1. The topological polar surface area (TPSA) is 111 Å². The second-order valence-electron chi connectivity index (χ2n) is 10.3. The van der Waals surface area contributed by atoms with E-state index in [-0.39, 0.29) is 12.1 Å². The minimum Gasteiger partial charge on any atom is -0.450 e. The van der Waals surface area contributed by atoms with Gasteiger partial charge < -0.3 is 15.8 Å². The molecule has 0 radical (unpaired) electrons. The summed E-state index contributed by atoms with van der Waals surface area (Å²) >= 11 is 0. The van der Waals surface area contributed by atoms with Gasteiger partial charge in [0.2, 0.25) is 0 Å². The number of rotatable bonds is 9. The van der Waals surface area contributed by atoms with Gasteiger partial charge in [0.15, 0.2) is 11.5 Å². The van der Waals surface area contributed by atoms with Crippen molar-refractivity contribution >= 4 is 23.1 Å². The quantitative estimate of drug-likeness (QED) is 0.236. The molecule has 3 aromatic heterocycles. The summed E-state index contributed by atoms with van der Waals surface area (Å²) in [5.41, 5.74) is 12.6. The smallest absolute Gasteiger partial charge is 0.407 e. The zero-order chi connectivity index (χ0) is 28.2. The first-order valence-electron chi connectivity index (χ1n) is 14.0. The van der Waals surface area contributed by atoms with Gasteiger partial charge in [-0.2, -0.15) is 0 Å². The van der Waals surface area contributed by atoms with E-state index in [0.29, 0.717) is 18.2 Å². The van der Waals surface area contributed by atoms with E-state index in [1.165, 1.54) is 5.56 Å². The van der Waals surface area contributed by atoms with Gasteiger partial charge in [-0.3, -0.25) is 9.47 Å². The van der Waals surface area contributed by atoms with E-state index in [2.05, 4.69) is 58.5 Å². The highest BCUT2D eigenvalue weighted by atomic mass is 16.5. The third kappa shape index (κ3) is 5.76. The van der Waals surface area contributed by atoms with Crippen molar-refractivity contribution in [2.24, 2.45) is 0 Å². The van der Waals surface area contributed by atoms with Gasteiger partial charge in [0.05, 0.1) is 23.9 Å². The van der Waals surface area contributed by atoms with E-state index in [1.54, 1.807) is 6.20 Å².